The maximum absolute atomic E-state index is 13.6. The third-order valence-electron chi connectivity index (χ3n) is 8.41. The van der Waals surface area contributed by atoms with E-state index >= 15 is 0 Å². The Hall–Kier alpha value is -3.67. The molecule has 0 bridgehead atoms. The lowest BCUT2D eigenvalue weighted by Crippen LogP contribution is -2.34. The predicted molar refractivity (Wildman–Crippen MR) is 187 cm³/mol. The number of thiophene rings is 1. The zero-order valence-electron chi connectivity index (χ0n) is 27.1. The average molecular weight is 713 g/mol. The second-order valence-electron chi connectivity index (χ2n) is 11.7. The topological polar surface area (TPSA) is 99.2 Å². The number of carbonyl (C=O) groups is 2. The summed E-state index contributed by atoms with van der Waals surface area (Å²) < 4.78 is 22.8. The first-order valence-electron chi connectivity index (χ1n) is 15.7. The first kappa shape index (κ1) is 35.6. The predicted octanol–water partition coefficient (Wildman–Crippen LogP) is 7.32. The molecule has 0 aliphatic carbocycles. The van der Waals surface area contributed by atoms with Crippen molar-refractivity contribution in [3.63, 3.8) is 0 Å². The number of nitrogens with one attached hydrogen (secondary N) is 1. The molecule has 2 aromatic heterocycles. The van der Waals surface area contributed by atoms with E-state index in [-0.39, 0.29) is 12.4 Å². The van der Waals surface area contributed by atoms with E-state index in [1.807, 2.05) is 30.3 Å². The highest BCUT2D eigenvalue weighted by Crippen LogP contribution is 2.36. The standard InChI is InChI=1S/C36H39Cl2N3O6S/c1-41-13-11-23(12-14-41)21-46-36(43)34(24-7-5-4-6-8-24)40-18-27-15-26(22-48-27)35(42)47-32(17-28-29(37)19-39-20-30(28)38)25-9-10-31(44-2)33(16-25)45-3/h4-10,15-16,19-20,22-23,32,34,40H,11-14,17-18,21H2,1-3H3/t32-,34?/m0/s1. The maximum atomic E-state index is 13.6. The summed E-state index contributed by atoms with van der Waals surface area (Å²) in [7, 11) is 5.20. The highest BCUT2D eigenvalue weighted by atomic mass is 35.5. The highest BCUT2D eigenvalue weighted by Gasteiger charge is 2.26. The van der Waals surface area contributed by atoms with Crippen LogP contribution in [0.5, 0.6) is 11.5 Å². The largest absolute Gasteiger partial charge is 0.493 e. The van der Waals surface area contributed by atoms with Crippen molar-refractivity contribution in [3.8, 4) is 11.5 Å². The van der Waals surface area contributed by atoms with Crippen LogP contribution >= 0.6 is 34.5 Å². The molecule has 1 unspecified atom stereocenters. The van der Waals surface area contributed by atoms with Gasteiger partial charge in [-0.2, -0.15) is 0 Å². The summed E-state index contributed by atoms with van der Waals surface area (Å²) in [5.74, 6) is 0.560. The van der Waals surface area contributed by atoms with Gasteiger partial charge in [0, 0.05) is 35.6 Å². The van der Waals surface area contributed by atoms with E-state index < -0.39 is 18.1 Å². The van der Waals surface area contributed by atoms with Crippen molar-refractivity contribution in [1.29, 1.82) is 0 Å². The first-order valence-corrected chi connectivity index (χ1v) is 17.3. The fourth-order valence-electron chi connectivity index (χ4n) is 5.57. The maximum Gasteiger partial charge on any atom is 0.339 e. The van der Waals surface area contributed by atoms with Crippen molar-refractivity contribution in [2.75, 3.05) is 41.0 Å². The third kappa shape index (κ3) is 9.27. The van der Waals surface area contributed by atoms with Gasteiger partial charge in [-0.05, 0) is 73.8 Å². The number of rotatable bonds is 14. The van der Waals surface area contributed by atoms with Crippen LogP contribution in [-0.2, 0) is 27.2 Å². The van der Waals surface area contributed by atoms with Crippen molar-refractivity contribution in [3.05, 3.63) is 110 Å². The van der Waals surface area contributed by atoms with Gasteiger partial charge in [0.1, 0.15) is 12.1 Å². The number of methoxy groups -OCH3 is 2. The van der Waals surface area contributed by atoms with Gasteiger partial charge in [0.15, 0.2) is 11.5 Å². The second kappa shape index (κ2) is 17.1. The molecular weight excluding hydrogens is 673 g/mol. The molecule has 4 aromatic rings. The number of hydrogen-bond acceptors (Lipinski definition) is 10. The van der Waals surface area contributed by atoms with E-state index in [4.69, 9.17) is 42.1 Å². The van der Waals surface area contributed by atoms with Crippen LogP contribution in [-0.4, -0.2) is 62.8 Å². The normalized spacial score (nSPS) is 15.0. The van der Waals surface area contributed by atoms with E-state index in [1.165, 1.54) is 30.8 Å². The summed E-state index contributed by atoms with van der Waals surface area (Å²) in [6.07, 6.45) is 4.48. The molecule has 48 heavy (non-hydrogen) atoms. The molecule has 1 aliphatic heterocycles. The van der Waals surface area contributed by atoms with Crippen molar-refractivity contribution >= 4 is 46.5 Å². The number of pyridine rings is 1. The Labute approximate surface area is 295 Å². The Morgan fingerprint density at radius 3 is 2.38 bits per heavy atom. The fraction of sp³-hybridized carbons (Fsp3) is 0.361. The molecule has 3 heterocycles. The Morgan fingerprint density at radius 2 is 1.69 bits per heavy atom. The molecule has 1 aliphatic rings. The van der Waals surface area contributed by atoms with Crippen LogP contribution in [0, 0.1) is 5.92 Å². The Bertz CT molecular complexity index is 1660. The summed E-state index contributed by atoms with van der Waals surface area (Å²) in [4.78, 5) is 34.1. The zero-order valence-corrected chi connectivity index (χ0v) is 29.4. The van der Waals surface area contributed by atoms with Crippen LogP contribution in [0.2, 0.25) is 10.0 Å². The highest BCUT2D eigenvalue weighted by molar-refractivity contribution is 7.10. The lowest BCUT2D eigenvalue weighted by molar-refractivity contribution is -0.148. The van der Waals surface area contributed by atoms with Crippen molar-refractivity contribution in [2.24, 2.45) is 5.92 Å². The number of hydrogen-bond donors (Lipinski definition) is 1. The van der Waals surface area contributed by atoms with Crippen LogP contribution in [0.3, 0.4) is 0 Å². The molecule has 0 amide bonds. The monoisotopic (exact) mass is 711 g/mol. The van der Waals surface area contributed by atoms with Crippen molar-refractivity contribution in [2.45, 2.75) is 38.0 Å². The Balaban J connectivity index is 1.28. The van der Waals surface area contributed by atoms with E-state index in [0.717, 1.165) is 36.4 Å². The van der Waals surface area contributed by atoms with Gasteiger partial charge in [-0.3, -0.25) is 10.3 Å². The summed E-state index contributed by atoms with van der Waals surface area (Å²) in [5, 5.41) is 5.83. The van der Waals surface area contributed by atoms with E-state index in [9.17, 15) is 9.59 Å². The SMILES string of the molecule is COc1ccc([C@H](Cc2c(Cl)cncc2Cl)OC(=O)c2csc(CNC(C(=O)OCC3CCN(C)CC3)c3ccccc3)c2)cc1OC. The summed E-state index contributed by atoms with van der Waals surface area (Å²) in [6.45, 7) is 2.77. The minimum Gasteiger partial charge on any atom is -0.493 e. The molecular formula is C36H39Cl2N3O6S. The minimum atomic E-state index is -0.752. The smallest absolute Gasteiger partial charge is 0.339 e. The molecule has 0 spiro atoms. The van der Waals surface area contributed by atoms with E-state index in [2.05, 4.69) is 22.2 Å². The van der Waals surface area contributed by atoms with Crippen LogP contribution in [0.15, 0.2) is 72.4 Å². The fourth-order valence-corrected chi connectivity index (χ4v) is 6.90. The van der Waals surface area contributed by atoms with Crippen LogP contribution in [0.1, 0.15) is 56.9 Å². The number of likely N-dealkylation sites (tertiary alicyclic amines) is 1. The number of esters is 2. The summed E-state index contributed by atoms with van der Waals surface area (Å²) >= 11 is 14.3. The number of benzene rings is 2. The van der Waals surface area contributed by atoms with Gasteiger partial charge in [0.25, 0.3) is 0 Å². The van der Waals surface area contributed by atoms with Gasteiger partial charge in [-0.1, -0.05) is 59.6 Å². The summed E-state index contributed by atoms with van der Waals surface area (Å²) in [5.41, 5.74) is 2.47. The number of halogens is 2. The van der Waals surface area contributed by atoms with Gasteiger partial charge >= 0.3 is 11.9 Å². The number of carbonyl (C=O) groups excluding carboxylic acids is 2. The van der Waals surface area contributed by atoms with E-state index in [1.54, 1.807) is 36.8 Å². The zero-order chi connectivity index (χ0) is 34.0. The molecule has 2 aromatic carbocycles. The lowest BCUT2D eigenvalue weighted by atomic mass is 9.98. The van der Waals surface area contributed by atoms with Crippen molar-refractivity contribution < 1.29 is 28.5 Å². The molecule has 0 saturated carbocycles. The van der Waals surface area contributed by atoms with Crippen molar-refractivity contribution in [1.82, 2.24) is 15.2 Å². The number of ether oxygens (including phenoxy) is 4. The van der Waals surface area contributed by atoms with Gasteiger partial charge in [0.05, 0.1) is 36.4 Å². The van der Waals surface area contributed by atoms with Gasteiger partial charge in [-0.25, -0.2) is 9.59 Å². The Morgan fingerprint density at radius 1 is 0.979 bits per heavy atom. The van der Waals surface area contributed by atoms with E-state index in [0.29, 0.717) is 57.3 Å². The molecule has 1 N–H and O–H groups in total. The number of aromatic nitrogens is 1. The first-order chi connectivity index (χ1) is 23.2. The molecule has 1 fully saturated rings. The van der Waals surface area contributed by atoms with Crippen LogP contribution in [0.4, 0.5) is 0 Å². The average Bonchev–Trinajstić information content (AvgIpc) is 3.58. The summed E-state index contributed by atoms with van der Waals surface area (Å²) in [6, 6.07) is 15.9. The van der Waals surface area contributed by atoms with Gasteiger partial charge in [-0.15, -0.1) is 11.3 Å². The number of nitrogens with zero attached hydrogens (tertiary/aromatic N) is 2. The lowest BCUT2D eigenvalue weighted by Gasteiger charge is -2.29. The minimum absolute atomic E-state index is 0.207. The number of piperidine rings is 1. The molecule has 2 atom stereocenters. The molecule has 9 nitrogen and oxygen atoms in total. The molecule has 5 rings (SSSR count). The second-order valence-corrected chi connectivity index (χ2v) is 13.5. The molecule has 0 radical (unpaired) electrons. The molecule has 1 saturated heterocycles. The molecule has 254 valence electrons. The van der Waals surface area contributed by atoms with Crippen LogP contribution in [0.25, 0.3) is 0 Å². The Kier molecular flexibility index (Phi) is 12.7. The van der Waals surface area contributed by atoms with Gasteiger partial charge < -0.3 is 23.8 Å². The quantitative estimate of drug-likeness (QED) is 0.135. The third-order valence-corrected chi connectivity index (χ3v) is 10.00. The van der Waals surface area contributed by atoms with Crippen LogP contribution < -0.4 is 14.8 Å². The molecule has 12 heteroatoms. The van der Waals surface area contributed by atoms with Gasteiger partial charge in [0.2, 0.25) is 0 Å².